The molecule has 7 nitrogen and oxygen atoms in total. The first-order valence-electron chi connectivity index (χ1n) is 8.68. The van der Waals surface area contributed by atoms with E-state index in [1.807, 2.05) is 30.3 Å². The topological polar surface area (TPSA) is 99.9 Å². The molecule has 3 rings (SSSR count). The Morgan fingerprint density at radius 2 is 1.86 bits per heavy atom. The third-order valence-corrected chi connectivity index (χ3v) is 3.87. The summed E-state index contributed by atoms with van der Waals surface area (Å²) >= 11 is 0. The fourth-order valence-corrected chi connectivity index (χ4v) is 2.48. The zero-order valence-corrected chi connectivity index (χ0v) is 15.3. The van der Waals surface area contributed by atoms with Gasteiger partial charge in [-0.2, -0.15) is 5.26 Å². The molecule has 0 atom stereocenters. The summed E-state index contributed by atoms with van der Waals surface area (Å²) in [5.74, 6) is 0.617. The van der Waals surface area contributed by atoms with E-state index in [0.29, 0.717) is 30.4 Å². The summed E-state index contributed by atoms with van der Waals surface area (Å²) in [5.41, 5.74) is 2.37. The van der Waals surface area contributed by atoms with E-state index in [-0.39, 0.29) is 11.6 Å². The first-order chi connectivity index (χ1) is 13.7. The van der Waals surface area contributed by atoms with Gasteiger partial charge in [-0.3, -0.25) is 4.79 Å². The average molecular weight is 373 g/mol. The second-order valence-electron chi connectivity index (χ2n) is 5.89. The van der Waals surface area contributed by atoms with Crippen molar-refractivity contribution in [2.75, 3.05) is 25.6 Å². The van der Waals surface area contributed by atoms with Gasteiger partial charge in [-0.25, -0.2) is 9.97 Å². The molecule has 3 aromatic rings. The molecule has 1 aromatic heterocycles. The molecule has 0 aliphatic rings. The van der Waals surface area contributed by atoms with Crippen LogP contribution in [0.5, 0.6) is 0 Å². The molecule has 140 valence electrons. The maximum Gasteiger partial charge on any atom is 0.270 e. The van der Waals surface area contributed by atoms with Gasteiger partial charge in [0.15, 0.2) is 5.82 Å². The van der Waals surface area contributed by atoms with Crippen LogP contribution in [0.2, 0.25) is 0 Å². The Kier molecular flexibility index (Phi) is 6.29. The van der Waals surface area contributed by atoms with E-state index >= 15 is 0 Å². The van der Waals surface area contributed by atoms with E-state index in [0.717, 1.165) is 11.3 Å². The van der Waals surface area contributed by atoms with E-state index in [2.05, 4.69) is 26.7 Å². The maximum absolute atomic E-state index is 12.5. The molecule has 1 heterocycles. The summed E-state index contributed by atoms with van der Waals surface area (Å²) in [7, 11) is 1.57. The second-order valence-corrected chi connectivity index (χ2v) is 5.89. The Hall–Kier alpha value is -3.76. The van der Waals surface area contributed by atoms with Crippen LogP contribution in [0.15, 0.2) is 60.7 Å². The Morgan fingerprint density at radius 1 is 1.11 bits per heavy atom. The monoisotopic (exact) mass is 373 g/mol. The number of rotatable bonds is 7. The van der Waals surface area contributed by atoms with Crippen LogP contribution in [-0.4, -0.2) is 36.1 Å². The Balaban J connectivity index is 1.92. The Labute approximate surface area is 163 Å². The number of carbonyl (C=O) groups is 1. The number of ether oxygens (including phenoxy) is 1. The van der Waals surface area contributed by atoms with Crippen molar-refractivity contribution in [1.29, 1.82) is 5.26 Å². The molecule has 2 N–H and O–H groups in total. The lowest BCUT2D eigenvalue weighted by Crippen LogP contribution is -2.28. The molecule has 0 aliphatic carbocycles. The molecule has 1 amide bonds. The molecule has 28 heavy (non-hydrogen) atoms. The van der Waals surface area contributed by atoms with Gasteiger partial charge >= 0.3 is 0 Å². The highest BCUT2D eigenvalue weighted by Gasteiger charge is 2.13. The van der Waals surface area contributed by atoms with Crippen LogP contribution in [-0.2, 0) is 4.74 Å². The summed E-state index contributed by atoms with van der Waals surface area (Å²) in [6.07, 6.45) is 0. The standard InChI is InChI=1S/C21H19N5O2/c1-28-12-11-23-21(27)18-13-19(24-17-9-7-15(14-22)8-10-17)26-20(25-18)16-5-3-2-4-6-16/h2-10,13H,11-12H2,1H3,(H,23,27)(H,24,25,26). The van der Waals surface area contributed by atoms with Gasteiger partial charge in [0.1, 0.15) is 11.5 Å². The van der Waals surface area contributed by atoms with E-state index in [1.165, 1.54) is 0 Å². The molecular formula is C21H19N5O2. The van der Waals surface area contributed by atoms with Gasteiger partial charge in [0.2, 0.25) is 0 Å². The van der Waals surface area contributed by atoms with Crippen molar-refractivity contribution in [2.24, 2.45) is 0 Å². The SMILES string of the molecule is COCCNC(=O)c1cc(Nc2ccc(C#N)cc2)nc(-c2ccccc2)n1. The number of benzene rings is 2. The molecule has 2 aromatic carbocycles. The predicted molar refractivity (Wildman–Crippen MR) is 106 cm³/mol. The summed E-state index contributed by atoms with van der Waals surface area (Å²) in [6, 6.07) is 20.1. The number of nitrogens with zero attached hydrogens (tertiary/aromatic N) is 3. The van der Waals surface area contributed by atoms with Crippen LogP contribution in [0, 0.1) is 11.3 Å². The normalized spacial score (nSPS) is 10.1. The van der Waals surface area contributed by atoms with Crippen molar-refractivity contribution in [3.8, 4) is 17.5 Å². The first-order valence-corrected chi connectivity index (χ1v) is 8.68. The quantitative estimate of drug-likeness (QED) is 0.617. The van der Waals surface area contributed by atoms with Crippen LogP contribution in [0.3, 0.4) is 0 Å². The molecule has 7 heteroatoms. The van der Waals surface area contributed by atoms with E-state index in [1.54, 1.807) is 37.4 Å². The number of anilines is 2. The summed E-state index contributed by atoms with van der Waals surface area (Å²) in [5, 5.41) is 14.9. The van der Waals surface area contributed by atoms with E-state index in [9.17, 15) is 4.79 Å². The molecule has 0 aliphatic heterocycles. The minimum atomic E-state index is -0.306. The fourth-order valence-electron chi connectivity index (χ4n) is 2.48. The van der Waals surface area contributed by atoms with Crippen LogP contribution in [0.1, 0.15) is 16.1 Å². The van der Waals surface area contributed by atoms with Gasteiger partial charge in [0, 0.05) is 31.0 Å². The molecule has 0 bridgehead atoms. The molecule has 0 unspecified atom stereocenters. The minimum Gasteiger partial charge on any atom is -0.383 e. The van der Waals surface area contributed by atoms with Crippen LogP contribution < -0.4 is 10.6 Å². The van der Waals surface area contributed by atoms with Crippen molar-refractivity contribution in [2.45, 2.75) is 0 Å². The van der Waals surface area contributed by atoms with Gasteiger partial charge < -0.3 is 15.4 Å². The van der Waals surface area contributed by atoms with Gasteiger partial charge in [0.25, 0.3) is 5.91 Å². The highest BCUT2D eigenvalue weighted by atomic mass is 16.5. The molecule has 0 spiro atoms. The number of amides is 1. The third kappa shape index (κ3) is 4.90. The van der Waals surface area contributed by atoms with Crippen LogP contribution >= 0.6 is 0 Å². The predicted octanol–water partition coefficient (Wildman–Crippen LogP) is 3.14. The van der Waals surface area contributed by atoms with Gasteiger partial charge in [-0.15, -0.1) is 0 Å². The van der Waals surface area contributed by atoms with Crippen molar-refractivity contribution in [3.63, 3.8) is 0 Å². The number of nitriles is 1. The summed E-state index contributed by atoms with van der Waals surface area (Å²) < 4.78 is 4.96. The highest BCUT2D eigenvalue weighted by Crippen LogP contribution is 2.21. The van der Waals surface area contributed by atoms with Crippen molar-refractivity contribution < 1.29 is 9.53 Å². The summed E-state index contributed by atoms with van der Waals surface area (Å²) in [6.45, 7) is 0.803. The second kappa shape index (κ2) is 9.26. The lowest BCUT2D eigenvalue weighted by molar-refractivity contribution is 0.0932. The number of nitrogens with one attached hydrogen (secondary N) is 2. The lowest BCUT2D eigenvalue weighted by Gasteiger charge is -2.11. The molecule has 0 radical (unpaired) electrons. The zero-order chi connectivity index (χ0) is 19.8. The minimum absolute atomic E-state index is 0.251. The van der Waals surface area contributed by atoms with Gasteiger partial charge in [-0.1, -0.05) is 30.3 Å². The number of aromatic nitrogens is 2. The van der Waals surface area contributed by atoms with E-state index < -0.39 is 0 Å². The lowest BCUT2D eigenvalue weighted by atomic mass is 10.2. The number of hydrogen-bond donors (Lipinski definition) is 2. The largest absolute Gasteiger partial charge is 0.383 e. The molecule has 0 saturated heterocycles. The van der Waals surface area contributed by atoms with Crippen molar-refractivity contribution >= 4 is 17.4 Å². The maximum atomic E-state index is 12.5. The molecule has 0 saturated carbocycles. The summed E-state index contributed by atoms with van der Waals surface area (Å²) in [4.78, 5) is 21.4. The molecule has 0 fully saturated rings. The van der Waals surface area contributed by atoms with Crippen LogP contribution in [0.4, 0.5) is 11.5 Å². The number of carbonyl (C=O) groups excluding carboxylic acids is 1. The Morgan fingerprint density at radius 3 is 2.54 bits per heavy atom. The van der Waals surface area contributed by atoms with Gasteiger partial charge in [-0.05, 0) is 24.3 Å². The van der Waals surface area contributed by atoms with Crippen molar-refractivity contribution in [3.05, 3.63) is 71.9 Å². The van der Waals surface area contributed by atoms with Crippen LogP contribution in [0.25, 0.3) is 11.4 Å². The fraction of sp³-hybridized carbons (Fsp3) is 0.143. The number of hydrogen-bond acceptors (Lipinski definition) is 6. The van der Waals surface area contributed by atoms with E-state index in [4.69, 9.17) is 10.00 Å². The average Bonchev–Trinajstić information content (AvgIpc) is 2.75. The van der Waals surface area contributed by atoms with Gasteiger partial charge in [0.05, 0.1) is 18.2 Å². The smallest absolute Gasteiger partial charge is 0.270 e. The number of methoxy groups -OCH3 is 1. The zero-order valence-electron chi connectivity index (χ0n) is 15.3. The third-order valence-electron chi connectivity index (χ3n) is 3.87. The first kappa shape index (κ1) is 19.0. The Bertz CT molecular complexity index is 982. The van der Waals surface area contributed by atoms with Crippen molar-refractivity contribution in [1.82, 2.24) is 15.3 Å². The highest BCUT2D eigenvalue weighted by molar-refractivity contribution is 5.93. The molecular weight excluding hydrogens is 354 g/mol.